The van der Waals surface area contributed by atoms with Gasteiger partial charge in [-0.2, -0.15) is 9.49 Å². The van der Waals surface area contributed by atoms with Gasteiger partial charge in [0.1, 0.15) is 0 Å². The number of aromatic nitrogens is 3. The minimum Gasteiger partial charge on any atom is -0.276 e. The van der Waals surface area contributed by atoms with Crippen molar-refractivity contribution in [3.63, 3.8) is 0 Å². The van der Waals surface area contributed by atoms with E-state index in [1.54, 1.807) is 11.6 Å². The molecule has 0 unspecified atom stereocenters. The van der Waals surface area contributed by atoms with Gasteiger partial charge in [-0.1, -0.05) is 0 Å². The molecule has 0 aliphatic rings. The SMILES string of the molecule is Cc1cnc(F)c(F)c1.Cc1cnn(C)c1. The maximum atomic E-state index is 12.1. The summed E-state index contributed by atoms with van der Waals surface area (Å²) in [7, 11) is 1.91. The molecule has 0 radical (unpaired) electrons. The second kappa shape index (κ2) is 5.34. The molecule has 0 aliphatic carbocycles. The van der Waals surface area contributed by atoms with Crippen LogP contribution < -0.4 is 0 Å². The molecule has 0 atom stereocenters. The molecule has 5 heteroatoms. The Morgan fingerprint density at radius 3 is 2.12 bits per heavy atom. The van der Waals surface area contributed by atoms with Crippen LogP contribution in [0.25, 0.3) is 0 Å². The molecule has 86 valence electrons. The van der Waals surface area contributed by atoms with Crippen LogP contribution in [0.15, 0.2) is 24.7 Å². The Balaban J connectivity index is 0.000000165. The van der Waals surface area contributed by atoms with E-state index in [4.69, 9.17) is 0 Å². The Morgan fingerprint density at radius 2 is 1.81 bits per heavy atom. The highest BCUT2D eigenvalue weighted by molar-refractivity contribution is 5.08. The summed E-state index contributed by atoms with van der Waals surface area (Å²) in [6.07, 6.45) is 5.08. The fourth-order valence-corrected chi connectivity index (χ4v) is 1.06. The fourth-order valence-electron chi connectivity index (χ4n) is 1.06. The molecule has 0 N–H and O–H groups in total. The average Bonchev–Trinajstić information content (AvgIpc) is 2.58. The molecule has 0 bridgehead atoms. The predicted molar refractivity (Wildman–Crippen MR) is 56.8 cm³/mol. The summed E-state index contributed by atoms with van der Waals surface area (Å²) in [4.78, 5) is 3.14. The van der Waals surface area contributed by atoms with E-state index in [-0.39, 0.29) is 0 Å². The van der Waals surface area contributed by atoms with Gasteiger partial charge >= 0.3 is 0 Å². The molecule has 0 spiro atoms. The summed E-state index contributed by atoms with van der Waals surface area (Å²) < 4.78 is 25.9. The minimum atomic E-state index is -1.04. The average molecular weight is 225 g/mol. The number of aryl methyl sites for hydroxylation is 3. The van der Waals surface area contributed by atoms with Crippen LogP contribution in [0.3, 0.4) is 0 Å². The lowest BCUT2D eigenvalue weighted by molar-refractivity contribution is 0.478. The number of nitrogens with zero attached hydrogens (tertiary/aromatic N) is 3. The zero-order valence-electron chi connectivity index (χ0n) is 9.41. The van der Waals surface area contributed by atoms with Crippen LogP contribution >= 0.6 is 0 Å². The molecule has 0 saturated heterocycles. The lowest BCUT2D eigenvalue weighted by atomic mass is 10.3. The molecule has 2 heterocycles. The van der Waals surface area contributed by atoms with E-state index in [9.17, 15) is 8.78 Å². The number of pyridine rings is 1. The van der Waals surface area contributed by atoms with Gasteiger partial charge in [0.15, 0.2) is 5.82 Å². The highest BCUT2D eigenvalue weighted by Gasteiger charge is 1.99. The van der Waals surface area contributed by atoms with Crippen molar-refractivity contribution in [3.05, 3.63) is 47.5 Å². The van der Waals surface area contributed by atoms with E-state index in [1.807, 2.05) is 26.4 Å². The molecular weight excluding hydrogens is 212 g/mol. The smallest absolute Gasteiger partial charge is 0.248 e. The minimum absolute atomic E-state index is 0.619. The first-order valence-electron chi connectivity index (χ1n) is 4.72. The van der Waals surface area contributed by atoms with Gasteiger partial charge in [0.25, 0.3) is 0 Å². The maximum Gasteiger partial charge on any atom is 0.248 e. The second-order valence-corrected chi connectivity index (χ2v) is 3.48. The van der Waals surface area contributed by atoms with E-state index in [1.165, 1.54) is 11.8 Å². The third-order valence-electron chi connectivity index (χ3n) is 1.77. The van der Waals surface area contributed by atoms with Crippen molar-refractivity contribution in [2.45, 2.75) is 13.8 Å². The predicted octanol–water partition coefficient (Wildman–Crippen LogP) is 2.40. The molecule has 2 aromatic heterocycles. The molecule has 0 aromatic carbocycles. The molecule has 2 aromatic rings. The maximum absolute atomic E-state index is 12.1. The first-order valence-corrected chi connectivity index (χ1v) is 4.72. The van der Waals surface area contributed by atoms with E-state index < -0.39 is 11.8 Å². The Bertz CT molecular complexity index is 450. The van der Waals surface area contributed by atoms with Gasteiger partial charge in [-0.25, -0.2) is 9.37 Å². The van der Waals surface area contributed by atoms with E-state index in [2.05, 4.69) is 10.1 Å². The summed E-state index contributed by atoms with van der Waals surface area (Å²) in [6, 6.07) is 1.10. The monoisotopic (exact) mass is 225 g/mol. The van der Waals surface area contributed by atoms with Crippen LogP contribution in [0.1, 0.15) is 11.1 Å². The van der Waals surface area contributed by atoms with Crippen molar-refractivity contribution in [1.82, 2.24) is 14.8 Å². The van der Waals surface area contributed by atoms with Crippen molar-refractivity contribution in [1.29, 1.82) is 0 Å². The van der Waals surface area contributed by atoms with Crippen molar-refractivity contribution in [2.75, 3.05) is 0 Å². The highest BCUT2D eigenvalue weighted by atomic mass is 19.2. The topological polar surface area (TPSA) is 30.7 Å². The molecular formula is C11H13F2N3. The molecule has 3 nitrogen and oxygen atoms in total. The van der Waals surface area contributed by atoms with Crippen LogP contribution in [-0.4, -0.2) is 14.8 Å². The number of halogens is 2. The van der Waals surface area contributed by atoms with Gasteiger partial charge in [-0.05, 0) is 31.0 Å². The first kappa shape index (κ1) is 12.3. The Kier molecular flexibility index (Phi) is 4.10. The van der Waals surface area contributed by atoms with Gasteiger partial charge in [0.05, 0.1) is 6.20 Å². The van der Waals surface area contributed by atoms with E-state index in [0.717, 1.165) is 6.07 Å². The van der Waals surface area contributed by atoms with E-state index >= 15 is 0 Å². The first-order chi connectivity index (χ1) is 7.49. The van der Waals surface area contributed by atoms with Crippen LogP contribution in [0.2, 0.25) is 0 Å². The Hall–Kier alpha value is -1.78. The zero-order chi connectivity index (χ0) is 12.1. The second-order valence-electron chi connectivity index (χ2n) is 3.48. The van der Waals surface area contributed by atoms with Crippen LogP contribution in [0.4, 0.5) is 8.78 Å². The summed E-state index contributed by atoms with van der Waals surface area (Å²) in [5, 5.41) is 3.93. The number of rotatable bonds is 0. The highest BCUT2D eigenvalue weighted by Crippen LogP contribution is 2.02. The molecule has 0 aliphatic heterocycles. The summed E-state index contributed by atoms with van der Waals surface area (Å²) in [5.74, 6) is -1.93. The van der Waals surface area contributed by atoms with Gasteiger partial charge < -0.3 is 0 Å². The third kappa shape index (κ3) is 3.76. The van der Waals surface area contributed by atoms with Crippen molar-refractivity contribution >= 4 is 0 Å². The molecule has 16 heavy (non-hydrogen) atoms. The standard InChI is InChI=1S/C6H5F2N.C5H8N2/c1-4-2-5(7)6(8)9-3-4;1-5-3-6-7(2)4-5/h2-3H,1H3;3-4H,1-2H3. The van der Waals surface area contributed by atoms with Crippen molar-refractivity contribution in [2.24, 2.45) is 7.05 Å². The number of hydrogen-bond donors (Lipinski definition) is 0. The quantitative estimate of drug-likeness (QED) is 0.644. The molecule has 0 saturated carbocycles. The van der Waals surface area contributed by atoms with Crippen molar-refractivity contribution in [3.8, 4) is 0 Å². The molecule has 2 rings (SSSR count). The van der Waals surface area contributed by atoms with Gasteiger partial charge in [0.2, 0.25) is 5.95 Å². The summed E-state index contributed by atoms with van der Waals surface area (Å²) in [5.41, 5.74) is 1.83. The fraction of sp³-hybridized carbons (Fsp3) is 0.273. The Morgan fingerprint density at radius 1 is 1.12 bits per heavy atom. The molecule has 0 amide bonds. The van der Waals surface area contributed by atoms with Crippen molar-refractivity contribution < 1.29 is 8.78 Å². The van der Waals surface area contributed by atoms with Gasteiger partial charge in [-0.15, -0.1) is 0 Å². The van der Waals surface area contributed by atoms with Gasteiger partial charge in [0, 0.05) is 19.4 Å². The zero-order valence-corrected chi connectivity index (χ0v) is 9.41. The van der Waals surface area contributed by atoms with Crippen LogP contribution in [-0.2, 0) is 7.05 Å². The Labute approximate surface area is 92.7 Å². The lowest BCUT2D eigenvalue weighted by Gasteiger charge is -1.90. The molecule has 0 fully saturated rings. The van der Waals surface area contributed by atoms with E-state index in [0.29, 0.717) is 5.56 Å². The lowest BCUT2D eigenvalue weighted by Crippen LogP contribution is -1.88. The summed E-state index contributed by atoms with van der Waals surface area (Å²) in [6.45, 7) is 3.67. The normalized spacial score (nSPS) is 9.56. The van der Waals surface area contributed by atoms with Crippen LogP contribution in [0.5, 0.6) is 0 Å². The third-order valence-corrected chi connectivity index (χ3v) is 1.77. The summed E-state index contributed by atoms with van der Waals surface area (Å²) >= 11 is 0. The van der Waals surface area contributed by atoms with Gasteiger partial charge in [-0.3, -0.25) is 4.68 Å². The number of hydrogen-bond acceptors (Lipinski definition) is 2. The van der Waals surface area contributed by atoms with Crippen LogP contribution in [0, 0.1) is 25.6 Å². The largest absolute Gasteiger partial charge is 0.276 e.